The quantitative estimate of drug-likeness (QED) is 0.162. The van der Waals surface area contributed by atoms with Crippen LogP contribution in [0.5, 0.6) is 0 Å². The first-order valence-corrected chi connectivity index (χ1v) is 20.1. The summed E-state index contributed by atoms with van der Waals surface area (Å²) in [5.41, 5.74) is 14.4. The highest BCUT2D eigenvalue weighted by atomic mass is 32.1. The van der Waals surface area contributed by atoms with Gasteiger partial charge in [0.05, 0.1) is 16.8 Å². The van der Waals surface area contributed by atoms with Gasteiger partial charge in [-0.2, -0.15) is 0 Å². The highest BCUT2D eigenvalue weighted by Crippen LogP contribution is 2.50. The van der Waals surface area contributed by atoms with Crippen molar-refractivity contribution in [3.8, 4) is 44.5 Å². The Hall–Kier alpha value is -7.20. The van der Waals surface area contributed by atoms with Crippen molar-refractivity contribution in [2.24, 2.45) is 0 Å². The maximum Gasteiger partial charge on any atom is 0.145 e. The van der Waals surface area contributed by atoms with E-state index in [-0.39, 0.29) is 0 Å². The van der Waals surface area contributed by atoms with Crippen molar-refractivity contribution >= 4 is 70.5 Å². The van der Waals surface area contributed by atoms with Crippen molar-refractivity contribution < 1.29 is 4.42 Å². The molecular formula is C54H35NOS. The Morgan fingerprint density at radius 1 is 0.351 bits per heavy atom. The minimum Gasteiger partial charge on any atom is -0.455 e. The van der Waals surface area contributed by atoms with Crippen molar-refractivity contribution in [2.45, 2.75) is 0 Å². The molecule has 0 radical (unpaired) electrons. The van der Waals surface area contributed by atoms with Gasteiger partial charge in [0.15, 0.2) is 0 Å². The van der Waals surface area contributed by atoms with Gasteiger partial charge in [-0.15, -0.1) is 11.3 Å². The van der Waals surface area contributed by atoms with E-state index in [4.69, 9.17) is 4.42 Å². The zero-order valence-corrected chi connectivity index (χ0v) is 31.8. The van der Waals surface area contributed by atoms with Crippen LogP contribution in [0, 0.1) is 0 Å². The van der Waals surface area contributed by atoms with E-state index in [0.29, 0.717) is 0 Å². The second-order valence-electron chi connectivity index (χ2n) is 14.5. The number of para-hydroxylation sites is 1. The van der Waals surface area contributed by atoms with Gasteiger partial charge in [0.1, 0.15) is 11.2 Å². The summed E-state index contributed by atoms with van der Waals surface area (Å²) in [6.45, 7) is 0. The molecule has 57 heavy (non-hydrogen) atoms. The van der Waals surface area contributed by atoms with E-state index in [1.165, 1.54) is 48.0 Å². The van der Waals surface area contributed by atoms with Crippen molar-refractivity contribution in [2.75, 3.05) is 4.90 Å². The Morgan fingerprint density at radius 2 is 0.912 bits per heavy atom. The van der Waals surface area contributed by atoms with Crippen LogP contribution in [0.15, 0.2) is 217 Å². The van der Waals surface area contributed by atoms with Crippen molar-refractivity contribution in [3.05, 3.63) is 212 Å². The van der Waals surface area contributed by atoms with Crippen LogP contribution in [0.3, 0.4) is 0 Å². The molecule has 268 valence electrons. The summed E-state index contributed by atoms with van der Waals surface area (Å²) < 4.78 is 9.33. The van der Waals surface area contributed by atoms with E-state index < -0.39 is 0 Å². The number of benzene rings is 9. The third kappa shape index (κ3) is 5.80. The number of furan rings is 1. The summed E-state index contributed by atoms with van der Waals surface area (Å²) in [6.07, 6.45) is 0. The fourth-order valence-electron chi connectivity index (χ4n) is 8.36. The minimum absolute atomic E-state index is 0.872. The fourth-order valence-corrected chi connectivity index (χ4v) is 9.53. The van der Waals surface area contributed by atoms with Crippen LogP contribution >= 0.6 is 11.3 Å². The van der Waals surface area contributed by atoms with Crippen LogP contribution in [0.4, 0.5) is 17.1 Å². The first-order chi connectivity index (χ1) is 28.3. The third-order valence-electron chi connectivity index (χ3n) is 11.1. The molecule has 3 heteroatoms. The van der Waals surface area contributed by atoms with Crippen molar-refractivity contribution in [1.29, 1.82) is 0 Å². The molecule has 0 aliphatic carbocycles. The second kappa shape index (κ2) is 13.8. The van der Waals surface area contributed by atoms with Crippen molar-refractivity contribution in [1.82, 2.24) is 0 Å². The molecule has 0 amide bonds. The van der Waals surface area contributed by atoms with Crippen LogP contribution in [0.2, 0.25) is 0 Å². The van der Waals surface area contributed by atoms with Crippen LogP contribution in [0.1, 0.15) is 0 Å². The molecule has 2 aromatic heterocycles. The third-order valence-corrected chi connectivity index (χ3v) is 12.2. The molecule has 0 aliphatic heterocycles. The summed E-state index contributed by atoms with van der Waals surface area (Å²) in [4.78, 5) is 2.46. The van der Waals surface area contributed by atoms with Crippen molar-refractivity contribution in [3.63, 3.8) is 0 Å². The zero-order valence-electron chi connectivity index (χ0n) is 31.0. The average molecular weight is 746 g/mol. The first kappa shape index (κ1) is 33.2. The highest BCUT2D eigenvalue weighted by molar-refractivity contribution is 7.26. The molecule has 11 aromatic rings. The Morgan fingerprint density at radius 3 is 1.67 bits per heavy atom. The number of nitrogens with zero attached hydrogens (tertiary/aromatic N) is 1. The van der Waals surface area contributed by atoms with E-state index in [2.05, 4.69) is 217 Å². The maximum atomic E-state index is 6.81. The number of rotatable bonds is 7. The van der Waals surface area contributed by atoms with E-state index in [9.17, 15) is 0 Å². The Kier molecular flexibility index (Phi) is 8.04. The van der Waals surface area contributed by atoms with Gasteiger partial charge in [0, 0.05) is 36.8 Å². The molecule has 2 heterocycles. The maximum absolute atomic E-state index is 6.81. The zero-order chi connectivity index (χ0) is 37.7. The number of fused-ring (bicyclic) bond motifs is 6. The smallest absolute Gasteiger partial charge is 0.145 e. The van der Waals surface area contributed by atoms with Gasteiger partial charge in [0.2, 0.25) is 0 Å². The van der Waals surface area contributed by atoms with Gasteiger partial charge in [-0.3, -0.25) is 0 Å². The monoisotopic (exact) mass is 745 g/mol. The predicted molar refractivity (Wildman–Crippen MR) is 243 cm³/mol. The van der Waals surface area contributed by atoms with E-state index in [0.717, 1.165) is 55.7 Å². The molecule has 0 spiro atoms. The summed E-state index contributed by atoms with van der Waals surface area (Å²) in [5, 5.41) is 4.67. The lowest BCUT2D eigenvalue weighted by molar-refractivity contribution is 0.670. The molecule has 11 rings (SSSR count). The summed E-state index contributed by atoms with van der Waals surface area (Å²) in [6, 6.07) is 76.3. The second-order valence-corrected chi connectivity index (χ2v) is 15.5. The summed E-state index contributed by atoms with van der Waals surface area (Å²) in [5.74, 6) is 0. The van der Waals surface area contributed by atoms with Gasteiger partial charge in [0.25, 0.3) is 0 Å². The van der Waals surface area contributed by atoms with E-state index >= 15 is 0 Å². The van der Waals surface area contributed by atoms with Gasteiger partial charge >= 0.3 is 0 Å². The molecule has 9 aromatic carbocycles. The SMILES string of the molecule is c1ccc(-c2ccc(-c3cccc(N(c4cccc5sc6cc(-c7ccccc7)ccc6c45)c4ccc(-c5ccccc5)c5oc6ccccc6c45)c3)cc2)cc1. The number of thiophene rings is 1. The van der Waals surface area contributed by atoms with Crippen LogP contribution in [-0.4, -0.2) is 0 Å². The van der Waals surface area contributed by atoms with Gasteiger partial charge in [-0.05, 0) is 87.5 Å². The Bertz CT molecular complexity index is 3220. The molecule has 0 saturated carbocycles. The Balaban J connectivity index is 1.16. The molecule has 0 fully saturated rings. The normalized spacial score (nSPS) is 11.5. The largest absolute Gasteiger partial charge is 0.455 e. The number of hydrogen-bond acceptors (Lipinski definition) is 3. The summed E-state index contributed by atoms with van der Waals surface area (Å²) >= 11 is 1.85. The van der Waals surface area contributed by atoms with E-state index in [1.807, 2.05) is 11.3 Å². The average Bonchev–Trinajstić information content (AvgIpc) is 3.87. The molecule has 0 N–H and O–H groups in total. The minimum atomic E-state index is 0.872. The molecule has 0 bridgehead atoms. The molecule has 0 unspecified atom stereocenters. The predicted octanol–water partition coefficient (Wildman–Crippen LogP) is 16.1. The lowest BCUT2D eigenvalue weighted by atomic mass is 9.98. The molecular weight excluding hydrogens is 711 g/mol. The van der Waals surface area contributed by atoms with Crippen LogP contribution < -0.4 is 4.90 Å². The van der Waals surface area contributed by atoms with Gasteiger partial charge in [-0.1, -0.05) is 164 Å². The molecule has 0 atom stereocenters. The van der Waals surface area contributed by atoms with Gasteiger partial charge < -0.3 is 9.32 Å². The fraction of sp³-hybridized carbons (Fsp3) is 0. The number of hydrogen-bond donors (Lipinski definition) is 0. The Labute approximate surface area is 335 Å². The van der Waals surface area contributed by atoms with Crippen LogP contribution in [0.25, 0.3) is 86.6 Å². The topological polar surface area (TPSA) is 16.4 Å². The standard InChI is InChI=1S/C54H35NOS/c1-4-14-36(15-5-1)38-26-28-39(29-27-38)41-20-12-21-43(34-41)55(47-23-13-25-50-52(47)46-31-30-42(35-51(46)57-50)37-16-6-2-7-17-37)48-33-32-44(40-18-8-3-9-19-40)54-53(48)45-22-10-11-24-49(45)56-54/h1-35H. The lowest BCUT2D eigenvalue weighted by Gasteiger charge is -2.28. The van der Waals surface area contributed by atoms with E-state index in [1.54, 1.807) is 0 Å². The molecule has 0 saturated heterocycles. The molecule has 2 nitrogen and oxygen atoms in total. The highest BCUT2D eigenvalue weighted by Gasteiger charge is 2.25. The molecule has 0 aliphatic rings. The first-order valence-electron chi connectivity index (χ1n) is 19.3. The lowest BCUT2D eigenvalue weighted by Crippen LogP contribution is -2.11. The summed E-state index contributed by atoms with van der Waals surface area (Å²) in [7, 11) is 0. The van der Waals surface area contributed by atoms with Gasteiger partial charge in [-0.25, -0.2) is 0 Å². The van der Waals surface area contributed by atoms with Crippen LogP contribution in [-0.2, 0) is 0 Å². The number of anilines is 3.